The van der Waals surface area contributed by atoms with Crippen LogP contribution in [0.15, 0.2) is 0 Å². The number of unbranched alkanes of at least 4 members (excludes halogenated alkanes) is 12. The van der Waals surface area contributed by atoms with Gasteiger partial charge >= 0.3 is 17.9 Å². The molecule has 3 aliphatic heterocycles. The first-order valence-corrected chi connectivity index (χ1v) is 24.5. The fourth-order valence-electron chi connectivity index (χ4n) is 8.49. The van der Waals surface area contributed by atoms with E-state index in [1.54, 1.807) is 0 Å². The minimum absolute atomic E-state index is 0.291. The van der Waals surface area contributed by atoms with E-state index in [2.05, 4.69) is 6.92 Å². The number of hydrogen-bond donors (Lipinski definition) is 10. The van der Waals surface area contributed by atoms with E-state index in [0.29, 0.717) is 44.9 Å². The molecule has 10 N–H and O–H groups in total. The van der Waals surface area contributed by atoms with Crippen molar-refractivity contribution >= 4 is 17.9 Å². The van der Waals surface area contributed by atoms with Crippen LogP contribution in [0.2, 0.25) is 0 Å². The van der Waals surface area contributed by atoms with E-state index in [-0.39, 0.29) is 6.61 Å². The molecule has 0 bridgehead atoms. The van der Waals surface area contributed by atoms with Gasteiger partial charge in [-0.3, -0.25) is 9.59 Å². The highest BCUT2D eigenvalue weighted by atomic mass is 16.8. The number of aliphatic carboxylic acids is 1. The number of esters is 2. The summed E-state index contributed by atoms with van der Waals surface area (Å²) in [6.07, 6.45) is -8.12. The van der Waals surface area contributed by atoms with E-state index in [0.717, 1.165) is 97.3 Å². The summed E-state index contributed by atoms with van der Waals surface area (Å²) in [4.78, 5) is 34.1. The van der Waals surface area contributed by atoms with Gasteiger partial charge in [-0.25, -0.2) is 4.79 Å². The summed E-state index contributed by atoms with van der Waals surface area (Å²) in [7, 11) is 0. The Bertz CT molecular complexity index is 1380. The van der Waals surface area contributed by atoms with E-state index in [9.17, 15) is 60.3 Å². The summed E-state index contributed by atoms with van der Waals surface area (Å²) in [6, 6.07) is 0. The van der Waals surface area contributed by atoms with Gasteiger partial charge in [0.05, 0.1) is 31.5 Å². The van der Waals surface area contributed by atoms with Crippen LogP contribution in [0.1, 0.15) is 149 Å². The monoisotopic (exact) mass is 971 g/mol. The fourth-order valence-corrected chi connectivity index (χ4v) is 8.49. The molecule has 0 aromatic heterocycles. The lowest BCUT2D eigenvalue weighted by Gasteiger charge is -2.46. The number of aliphatic hydroxyl groups is 9. The zero-order chi connectivity index (χ0) is 49.5. The third-order valence-electron chi connectivity index (χ3n) is 12.5. The van der Waals surface area contributed by atoms with Gasteiger partial charge in [-0.15, -0.1) is 0 Å². The lowest BCUT2D eigenvalue weighted by molar-refractivity contribution is -0.380. The largest absolute Gasteiger partial charge is 0.479 e. The molecule has 0 aromatic carbocycles. The fraction of sp³-hybridized carbons (Fsp3) is 0.935. The Balaban J connectivity index is 1.53. The molecule has 0 saturated carbocycles. The van der Waals surface area contributed by atoms with Crippen LogP contribution in [0, 0.1) is 0 Å². The van der Waals surface area contributed by atoms with E-state index in [1.165, 1.54) is 0 Å². The molecule has 0 unspecified atom stereocenters. The van der Waals surface area contributed by atoms with E-state index < -0.39 is 135 Å². The third kappa shape index (κ3) is 21.0. The highest BCUT2D eigenvalue weighted by Gasteiger charge is 2.52. The Kier molecular flexibility index (Phi) is 28.2. The molecule has 0 amide bonds. The maximum absolute atomic E-state index is 11.8. The number of ether oxygens (including phenoxy) is 8. The highest BCUT2D eigenvalue weighted by Crippen LogP contribution is 2.33. The van der Waals surface area contributed by atoms with E-state index in [4.69, 9.17) is 43.0 Å². The molecule has 3 saturated heterocycles. The Morgan fingerprint density at radius 1 is 0.552 bits per heavy atom. The molecule has 3 fully saturated rings. The number of carboxylic acids is 1. The van der Waals surface area contributed by atoms with Crippen molar-refractivity contribution in [1.82, 2.24) is 0 Å². The summed E-state index contributed by atoms with van der Waals surface area (Å²) in [5, 5.41) is 105. The molecule has 21 nitrogen and oxygen atoms in total. The molecule has 0 spiro atoms. The first-order valence-electron chi connectivity index (χ1n) is 24.5. The molecular weight excluding hydrogens is 888 g/mol. The standard InChI is InChI=1S/C46H82O21/c1-4-5-15-19-29(20-18-23-31(50)30(49)21-16-13-11-9-7-6-8-10-12-14-17-22-32(51)43(58)59)64-45-41(36(54)33(52)24-61-45)67-46-42(37(55)34(53)25-62-46)66-44-39(57)38(56)40(63-28(3)48)35(65-44)26-60-27(2)47/h29-42,44-46,49-57H,4-26H2,1-3H3,(H,58,59)/t29-,30-,31-,32-,33+,34+,35+,36-,37-,38+,39+,40+,41+,42+,44-,45-,46-/m0/s1. The second kappa shape index (κ2) is 31.9. The van der Waals surface area contributed by atoms with Crippen LogP contribution in [-0.2, 0) is 52.3 Å². The number of rotatable bonds is 33. The molecule has 21 heteroatoms. The van der Waals surface area contributed by atoms with Crippen LogP contribution in [0.3, 0.4) is 0 Å². The maximum atomic E-state index is 11.8. The van der Waals surface area contributed by atoms with Crippen molar-refractivity contribution in [2.75, 3.05) is 19.8 Å². The van der Waals surface area contributed by atoms with Gasteiger partial charge in [-0.2, -0.15) is 0 Å². The summed E-state index contributed by atoms with van der Waals surface area (Å²) in [5.41, 5.74) is 0. The van der Waals surface area contributed by atoms with Crippen LogP contribution in [0.25, 0.3) is 0 Å². The number of carbonyl (C=O) groups excluding carboxylic acids is 2. The van der Waals surface area contributed by atoms with E-state index in [1.807, 2.05) is 0 Å². The van der Waals surface area contributed by atoms with Gasteiger partial charge in [0.1, 0.15) is 61.5 Å². The topological polar surface area (TPSA) is 327 Å². The molecule has 67 heavy (non-hydrogen) atoms. The molecule has 0 radical (unpaired) electrons. The van der Waals surface area contributed by atoms with Crippen molar-refractivity contribution in [2.45, 2.75) is 254 Å². The second-order valence-electron chi connectivity index (χ2n) is 18.3. The molecule has 392 valence electrons. The zero-order valence-electron chi connectivity index (χ0n) is 39.5. The van der Waals surface area contributed by atoms with Crippen LogP contribution in [-0.4, -0.2) is 193 Å². The number of aliphatic hydroxyl groups excluding tert-OH is 9. The Morgan fingerprint density at radius 2 is 1.03 bits per heavy atom. The number of carbonyl (C=O) groups is 3. The zero-order valence-corrected chi connectivity index (χ0v) is 39.5. The van der Waals surface area contributed by atoms with Gasteiger partial charge in [-0.1, -0.05) is 96.8 Å². The Morgan fingerprint density at radius 3 is 1.57 bits per heavy atom. The smallest absolute Gasteiger partial charge is 0.332 e. The quantitative estimate of drug-likeness (QED) is 0.0327. The highest BCUT2D eigenvalue weighted by molar-refractivity contribution is 5.71. The average molecular weight is 971 g/mol. The van der Waals surface area contributed by atoms with Gasteiger partial charge in [0.25, 0.3) is 0 Å². The number of carboxylic acid groups (broad SMARTS) is 1. The predicted molar refractivity (Wildman–Crippen MR) is 235 cm³/mol. The van der Waals surface area contributed by atoms with Crippen molar-refractivity contribution in [2.24, 2.45) is 0 Å². The first kappa shape index (κ1) is 59.1. The normalized spacial score (nSPS) is 32.0. The summed E-state index contributed by atoms with van der Waals surface area (Å²) in [5.74, 6) is -2.71. The van der Waals surface area contributed by atoms with Crippen molar-refractivity contribution in [1.29, 1.82) is 0 Å². The predicted octanol–water partition coefficient (Wildman–Crippen LogP) is 1.23. The third-order valence-corrected chi connectivity index (χ3v) is 12.5. The van der Waals surface area contributed by atoms with Gasteiger partial charge in [0, 0.05) is 13.8 Å². The Hall–Kier alpha value is -2.19. The van der Waals surface area contributed by atoms with Crippen LogP contribution in [0.4, 0.5) is 0 Å². The van der Waals surface area contributed by atoms with E-state index >= 15 is 0 Å². The van der Waals surface area contributed by atoms with Crippen molar-refractivity contribution in [3.8, 4) is 0 Å². The summed E-state index contributed by atoms with van der Waals surface area (Å²) in [6.45, 7) is 2.94. The van der Waals surface area contributed by atoms with Crippen LogP contribution in [0.5, 0.6) is 0 Å². The number of hydrogen-bond acceptors (Lipinski definition) is 20. The molecule has 3 aliphatic rings. The molecular formula is C46H82O21. The minimum atomic E-state index is -1.91. The molecule has 0 aromatic rings. The van der Waals surface area contributed by atoms with Gasteiger partial charge < -0.3 is 89.0 Å². The first-order chi connectivity index (χ1) is 31.9. The van der Waals surface area contributed by atoms with Gasteiger partial charge in [-0.05, 0) is 38.5 Å². The van der Waals surface area contributed by atoms with Crippen molar-refractivity contribution < 1.29 is 103 Å². The molecule has 3 heterocycles. The molecule has 0 aliphatic carbocycles. The SMILES string of the molecule is CCCCC[C@@H](CCC[C@H](O)[C@@H](O)CCCCCCCCCCCCC[C@H](O)C(=O)O)O[C@@H]1OC[C@@H](O)[C@H](O)[C@H]1O[C@@H]1OC[C@@H](O)[C@H](O)[C@H]1O[C@@H]1O[C@H](COC(C)=O)[C@@H](OC(C)=O)[C@H](O)[C@H]1O. The van der Waals surface area contributed by atoms with Crippen molar-refractivity contribution in [3.63, 3.8) is 0 Å². The lowest BCUT2D eigenvalue weighted by atomic mass is 9.98. The van der Waals surface area contributed by atoms with Gasteiger partial charge in [0.2, 0.25) is 0 Å². The minimum Gasteiger partial charge on any atom is -0.479 e. The average Bonchev–Trinajstić information content (AvgIpc) is 3.28. The summed E-state index contributed by atoms with van der Waals surface area (Å²) >= 11 is 0. The van der Waals surface area contributed by atoms with Crippen molar-refractivity contribution in [3.05, 3.63) is 0 Å². The molecule has 3 rings (SSSR count). The lowest BCUT2D eigenvalue weighted by Crippen LogP contribution is -2.65. The molecule has 17 atom stereocenters. The van der Waals surface area contributed by atoms with Crippen LogP contribution < -0.4 is 0 Å². The van der Waals surface area contributed by atoms with Crippen LogP contribution >= 0.6 is 0 Å². The Labute approximate surface area is 393 Å². The second-order valence-corrected chi connectivity index (χ2v) is 18.3. The summed E-state index contributed by atoms with van der Waals surface area (Å²) < 4.78 is 45.9. The maximum Gasteiger partial charge on any atom is 0.332 e. The van der Waals surface area contributed by atoms with Gasteiger partial charge in [0.15, 0.2) is 31.1 Å².